The molecule has 0 aromatic heterocycles. The van der Waals surface area contributed by atoms with Crippen LogP contribution in [-0.2, 0) is 0 Å². The summed E-state index contributed by atoms with van der Waals surface area (Å²) in [5.41, 5.74) is 4.25. The Labute approximate surface area is 165 Å². The second kappa shape index (κ2) is 6.46. The zero-order valence-corrected chi connectivity index (χ0v) is 17.6. The molecule has 2 saturated carbocycles. The summed E-state index contributed by atoms with van der Waals surface area (Å²) in [7, 11) is 0. The van der Waals surface area contributed by atoms with E-state index in [4.69, 9.17) is 0 Å². The molecule has 7 atom stereocenters. The minimum Gasteiger partial charge on any atom is -0.393 e. The van der Waals surface area contributed by atoms with Gasteiger partial charge < -0.3 is 10.4 Å². The maximum Gasteiger partial charge on any atom is 0.0577 e. The molecule has 0 spiro atoms. The lowest BCUT2D eigenvalue weighted by atomic mass is 9.45. The maximum atomic E-state index is 10.3. The van der Waals surface area contributed by atoms with Crippen molar-refractivity contribution >= 4 is 0 Å². The highest BCUT2D eigenvalue weighted by molar-refractivity contribution is 5.32. The SMILES string of the molecule is C[C@H]1C=C2C[C@H](O)CC[C@]2(C)[C@H]2CC[C@]3(C)C(C4CCNCC4)=CC[C@H]3[C@H]12. The quantitative estimate of drug-likeness (QED) is 0.631. The number of nitrogens with one attached hydrogen (secondary N) is 1. The number of allylic oxidation sites excluding steroid dienone is 3. The average molecular weight is 370 g/mol. The highest BCUT2D eigenvalue weighted by Gasteiger charge is 2.58. The molecule has 27 heavy (non-hydrogen) atoms. The fourth-order valence-electron chi connectivity index (χ4n) is 8.37. The van der Waals surface area contributed by atoms with Crippen LogP contribution in [0.15, 0.2) is 23.3 Å². The van der Waals surface area contributed by atoms with Crippen molar-refractivity contribution in [1.29, 1.82) is 0 Å². The first-order valence-electron chi connectivity index (χ1n) is 11.7. The highest BCUT2D eigenvalue weighted by Crippen LogP contribution is 2.67. The van der Waals surface area contributed by atoms with Crippen LogP contribution in [0.4, 0.5) is 0 Å². The normalized spacial score (nSPS) is 50.3. The Morgan fingerprint density at radius 2 is 1.74 bits per heavy atom. The minimum atomic E-state index is -0.0957. The molecule has 0 amide bonds. The summed E-state index contributed by atoms with van der Waals surface area (Å²) in [6.07, 6.45) is 15.2. The third-order valence-corrected chi connectivity index (χ3v) is 9.83. The van der Waals surface area contributed by atoms with E-state index in [0.717, 1.165) is 36.5 Å². The van der Waals surface area contributed by atoms with Crippen molar-refractivity contribution in [1.82, 2.24) is 5.32 Å². The number of aliphatic hydroxyl groups is 1. The van der Waals surface area contributed by atoms with Gasteiger partial charge in [-0.05, 0) is 105 Å². The Bertz CT molecular complexity index is 659. The van der Waals surface area contributed by atoms with Crippen molar-refractivity contribution in [2.75, 3.05) is 13.1 Å². The van der Waals surface area contributed by atoms with Crippen molar-refractivity contribution in [2.24, 2.45) is 40.4 Å². The van der Waals surface area contributed by atoms with E-state index in [1.165, 1.54) is 51.6 Å². The van der Waals surface area contributed by atoms with E-state index in [1.807, 2.05) is 5.57 Å². The number of aliphatic hydroxyl groups excluding tert-OH is 1. The van der Waals surface area contributed by atoms with Gasteiger partial charge in [-0.1, -0.05) is 44.1 Å². The first-order valence-corrected chi connectivity index (χ1v) is 11.7. The van der Waals surface area contributed by atoms with E-state index >= 15 is 0 Å². The van der Waals surface area contributed by atoms with Crippen LogP contribution in [0.25, 0.3) is 0 Å². The maximum absolute atomic E-state index is 10.3. The fourth-order valence-corrected chi connectivity index (χ4v) is 8.37. The van der Waals surface area contributed by atoms with Gasteiger partial charge in [-0.15, -0.1) is 0 Å². The van der Waals surface area contributed by atoms with E-state index in [9.17, 15) is 5.11 Å². The zero-order valence-electron chi connectivity index (χ0n) is 17.6. The monoisotopic (exact) mass is 369 g/mol. The van der Waals surface area contributed by atoms with Crippen LogP contribution in [0, 0.1) is 40.4 Å². The lowest BCUT2D eigenvalue weighted by molar-refractivity contribution is -0.0503. The summed E-state index contributed by atoms with van der Waals surface area (Å²) in [5.74, 6) is 4.02. The van der Waals surface area contributed by atoms with Crippen molar-refractivity contribution in [2.45, 2.75) is 78.2 Å². The lowest BCUT2D eigenvalue weighted by Crippen LogP contribution is -2.52. The van der Waals surface area contributed by atoms with Crippen molar-refractivity contribution in [3.8, 4) is 0 Å². The number of hydrogen-bond acceptors (Lipinski definition) is 2. The molecule has 2 heteroatoms. The average Bonchev–Trinajstić information content (AvgIpc) is 3.01. The lowest BCUT2D eigenvalue weighted by Gasteiger charge is -2.60. The molecule has 150 valence electrons. The summed E-state index contributed by atoms with van der Waals surface area (Å²) in [6, 6.07) is 0. The van der Waals surface area contributed by atoms with Crippen molar-refractivity contribution < 1.29 is 5.11 Å². The molecule has 2 N–H and O–H groups in total. The number of piperidine rings is 1. The van der Waals surface area contributed by atoms with Gasteiger partial charge in [0.2, 0.25) is 0 Å². The molecule has 1 saturated heterocycles. The van der Waals surface area contributed by atoms with Gasteiger partial charge in [0.1, 0.15) is 0 Å². The fraction of sp³-hybridized carbons (Fsp3) is 0.840. The van der Waals surface area contributed by atoms with Gasteiger partial charge in [0, 0.05) is 0 Å². The van der Waals surface area contributed by atoms with Crippen LogP contribution in [-0.4, -0.2) is 24.3 Å². The Morgan fingerprint density at radius 1 is 1.00 bits per heavy atom. The molecule has 0 aromatic carbocycles. The molecule has 0 radical (unpaired) electrons. The Balaban J connectivity index is 1.46. The smallest absolute Gasteiger partial charge is 0.0577 e. The van der Waals surface area contributed by atoms with E-state index in [1.54, 1.807) is 5.57 Å². The van der Waals surface area contributed by atoms with E-state index < -0.39 is 0 Å². The van der Waals surface area contributed by atoms with Gasteiger partial charge in [0.05, 0.1) is 6.10 Å². The third kappa shape index (κ3) is 2.65. The largest absolute Gasteiger partial charge is 0.393 e. The first-order chi connectivity index (χ1) is 12.9. The minimum absolute atomic E-state index is 0.0957. The molecule has 1 heterocycles. The van der Waals surface area contributed by atoms with E-state index in [0.29, 0.717) is 16.7 Å². The molecule has 4 aliphatic carbocycles. The summed E-state index contributed by atoms with van der Waals surface area (Å²) in [4.78, 5) is 0. The second-order valence-corrected chi connectivity index (χ2v) is 11.0. The molecule has 0 unspecified atom stereocenters. The summed E-state index contributed by atoms with van der Waals surface area (Å²) in [6.45, 7) is 10.1. The Hall–Kier alpha value is -0.600. The Kier molecular flexibility index (Phi) is 4.41. The van der Waals surface area contributed by atoms with Gasteiger partial charge in [0.25, 0.3) is 0 Å². The third-order valence-electron chi connectivity index (χ3n) is 9.83. The molecule has 1 aliphatic heterocycles. The van der Waals surface area contributed by atoms with Gasteiger partial charge in [-0.2, -0.15) is 0 Å². The van der Waals surface area contributed by atoms with Crippen LogP contribution in [0.3, 0.4) is 0 Å². The van der Waals surface area contributed by atoms with Gasteiger partial charge in [0.15, 0.2) is 0 Å². The second-order valence-electron chi connectivity index (χ2n) is 11.0. The topological polar surface area (TPSA) is 32.3 Å². The summed E-state index contributed by atoms with van der Waals surface area (Å²) < 4.78 is 0. The predicted octanol–water partition coefficient (Wildman–Crippen LogP) is 5.09. The first kappa shape index (κ1) is 18.4. The van der Waals surface area contributed by atoms with Gasteiger partial charge in [-0.3, -0.25) is 0 Å². The Morgan fingerprint density at radius 3 is 2.52 bits per heavy atom. The molecule has 5 aliphatic rings. The highest BCUT2D eigenvalue weighted by atomic mass is 16.3. The predicted molar refractivity (Wildman–Crippen MR) is 111 cm³/mol. The molecule has 2 nitrogen and oxygen atoms in total. The summed E-state index contributed by atoms with van der Waals surface area (Å²) in [5, 5.41) is 13.8. The van der Waals surface area contributed by atoms with Crippen LogP contribution >= 0.6 is 0 Å². The molecule has 5 rings (SSSR count). The number of hydrogen-bond donors (Lipinski definition) is 2. The molecular weight excluding hydrogens is 330 g/mol. The van der Waals surface area contributed by atoms with Gasteiger partial charge >= 0.3 is 0 Å². The molecular formula is C25H39NO. The molecule has 3 fully saturated rings. The standard InChI is InChI=1S/C25H39NO/c1-16-14-18-15-19(27)6-10-24(18,2)22-7-11-25(3)20(4-5-21(25)23(16)22)17-8-12-26-13-9-17/h4,14,16-17,19,21-23,26-27H,5-13,15H2,1-3H3/t16-,19+,21-,22-,23-,24-,25+/m0/s1. The zero-order chi connectivity index (χ0) is 18.8. The molecule has 0 aromatic rings. The van der Waals surface area contributed by atoms with E-state index in [2.05, 4.69) is 38.2 Å². The van der Waals surface area contributed by atoms with Crippen molar-refractivity contribution in [3.05, 3.63) is 23.3 Å². The van der Waals surface area contributed by atoms with Crippen molar-refractivity contribution in [3.63, 3.8) is 0 Å². The number of rotatable bonds is 1. The van der Waals surface area contributed by atoms with Crippen LogP contribution in [0.1, 0.15) is 72.1 Å². The van der Waals surface area contributed by atoms with Crippen LogP contribution in [0.2, 0.25) is 0 Å². The van der Waals surface area contributed by atoms with Crippen LogP contribution in [0.5, 0.6) is 0 Å². The van der Waals surface area contributed by atoms with Gasteiger partial charge in [-0.25, -0.2) is 0 Å². The molecule has 0 bridgehead atoms. The number of fused-ring (bicyclic) bond motifs is 5. The summed E-state index contributed by atoms with van der Waals surface area (Å²) >= 11 is 0. The van der Waals surface area contributed by atoms with E-state index in [-0.39, 0.29) is 6.10 Å². The van der Waals surface area contributed by atoms with Crippen LogP contribution < -0.4 is 5.32 Å².